The second-order valence-electron chi connectivity index (χ2n) is 13.7. The predicted molar refractivity (Wildman–Crippen MR) is 168 cm³/mol. The maximum absolute atomic E-state index is 14.0. The van der Waals surface area contributed by atoms with Crippen LogP contribution in [0.1, 0.15) is 96.3 Å². The number of nitrogens with zero attached hydrogens (tertiary/aromatic N) is 1. The summed E-state index contributed by atoms with van der Waals surface area (Å²) < 4.78 is 12.3. The number of rotatable bonds is 8. The topological polar surface area (TPSA) is 55.8 Å². The third-order valence-corrected chi connectivity index (χ3v) is 8.92. The van der Waals surface area contributed by atoms with Crippen LogP contribution in [0.25, 0.3) is 0 Å². The summed E-state index contributed by atoms with van der Waals surface area (Å²) in [6.07, 6.45) is 3.41. The summed E-state index contributed by atoms with van der Waals surface area (Å²) >= 11 is 6.96. The molecule has 0 spiro atoms. The fraction of sp³-hybridized carbons (Fsp3) is 0.500. The third-order valence-electron chi connectivity index (χ3n) is 8.64. The fourth-order valence-electron chi connectivity index (χ4n) is 6.87. The highest BCUT2D eigenvalue weighted by Gasteiger charge is 2.49. The summed E-state index contributed by atoms with van der Waals surface area (Å²) in [6, 6.07) is 12.0. The van der Waals surface area contributed by atoms with Gasteiger partial charge in [-0.05, 0) is 67.2 Å². The zero-order valence-electron chi connectivity index (χ0n) is 26.2. The molecule has 0 unspecified atom stereocenters. The first-order valence-corrected chi connectivity index (χ1v) is 15.7. The minimum Gasteiger partial charge on any atom is -0.490 e. The molecule has 0 aromatic heterocycles. The quantitative estimate of drug-likeness (QED) is 0.308. The van der Waals surface area contributed by atoms with Gasteiger partial charge in [-0.25, -0.2) is 0 Å². The Bertz CT molecular complexity index is 1410. The highest BCUT2D eigenvalue weighted by molar-refractivity contribution is 6.32. The van der Waals surface area contributed by atoms with Crippen LogP contribution in [-0.4, -0.2) is 29.6 Å². The van der Waals surface area contributed by atoms with Gasteiger partial charge in [0.2, 0.25) is 0 Å². The standard InChI is InChI=1S/C36H44ClNO4/c1-8-14-38-26-17-35(4,5)19-28(39)32(26)31(33-27(38)18-36(6,7)20-29(33)40)24-15-25(37)34(30(16-24)41-9-2)42-21-23-12-10-22(3)11-13-23/h10-13,15-16,31H,8-9,14,17-21H2,1-7H3. The zero-order valence-corrected chi connectivity index (χ0v) is 26.9. The highest BCUT2D eigenvalue weighted by atomic mass is 35.5. The third kappa shape index (κ3) is 5.90. The first-order chi connectivity index (χ1) is 19.8. The fourth-order valence-corrected chi connectivity index (χ4v) is 7.15. The molecule has 0 N–H and O–H groups in total. The van der Waals surface area contributed by atoms with Crippen LogP contribution in [0.2, 0.25) is 5.02 Å². The lowest BCUT2D eigenvalue weighted by molar-refractivity contribution is -0.119. The Hall–Kier alpha value is -3.05. The summed E-state index contributed by atoms with van der Waals surface area (Å²) in [7, 11) is 0. The summed E-state index contributed by atoms with van der Waals surface area (Å²) in [5, 5.41) is 0.413. The number of ether oxygens (including phenoxy) is 2. The largest absolute Gasteiger partial charge is 0.490 e. The number of hydrogen-bond acceptors (Lipinski definition) is 5. The van der Waals surface area contributed by atoms with Gasteiger partial charge in [0.05, 0.1) is 11.6 Å². The SMILES string of the molecule is CCCN1C2=C(C(=O)CC(C)(C)C2)C(c2cc(Cl)c(OCc3ccc(C)cc3)c(OCC)c2)C2=C1CC(C)(C)CC2=O. The van der Waals surface area contributed by atoms with E-state index in [4.69, 9.17) is 21.1 Å². The molecule has 1 heterocycles. The smallest absolute Gasteiger partial charge is 0.180 e. The minimum absolute atomic E-state index is 0.116. The van der Waals surface area contributed by atoms with E-state index < -0.39 is 5.92 Å². The first kappa shape index (κ1) is 30.4. The van der Waals surface area contributed by atoms with Crippen LogP contribution < -0.4 is 9.47 Å². The molecule has 3 aliphatic rings. The van der Waals surface area contributed by atoms with Crippen molar-refractivity contribution in [2.75, 3.05) is 13.2 Å². The molecule has 2 aromatic rings. The predicted octanol–water partition coefficient (Wildman–Crippen LogP) is 8.72. The number of hydrogen-bond donors (Lipinski definition) is 0. The van der Waals surface area contributed by atoms with E-state index >= 15 is 0 Å². The second kappa shape index (κ2) is 11.6. The zero-order chi connectivity index (χ0) is 30.4. The van der Waals surface area contributed by atoms with E-state index in [2.05, 4.69) is 58.6 Å². The van der Waals surface area contributed by atoms with Crippen LogP contribution in [0.5, 0.6) is 11.5 Å². The number of allylic oxidation sites excluding steroid dienone is 4. The molecule has 0 saturated carbocycles. The normalized spacial score (nSPS) is 20.0. The molecular weight excluding hydrogens is 546 g/mol. The van der Waals surface area contributed by atoms with Gasteiger partial charge in [0.15, 0.2) is 23.1 Å². The van der Waals surface area contributed by atoms with Crippen molar-refractivity contribution in [2.45, 2.75) is 93.1 Å². The summed E-state index contributed by atoms with van der Waals surface area (Å²) in [6.45, 7) is 16.4. The summed E-state index contributed by atoms with van der Waals surface area (Å²) in [5.74, 6) is 0.759. The van der Waals surface area contributed by atoms with E-state index in [1.807, 2.05) is 31.2 Å². The Morgan fingerprint density at radius 3 is 1.95 bits per heavy atom. The van der Waals surface area contributed by atoms with Crippen molar-refractivity contribution in [3.8, 4) is 11.5 Å². The van der Waals surface area contributed by atoms with Gasteiger partial charge in [-0.3, -0.25) is 9.59 Å². The molecule has 1 aliphatic heterocycles. The lowest BCUT2D eigenvalue weighted by atomic mass is 9.63. The molecule has 2 aromatic carbocycles. The van der Waals surface area contributed by atoms with Gasteiger partial charge < -0.3 is 14.4 Å². The molecule has 224 valence electrons. The van der Waals surface area contributed by atoms with E-state index in [0.717, 1.165) is 59.5 Å². The molecule has 0 atom stereocenters. The number of Topliss-reactive ketones (excluding diaryl/α,β-unsaturated/α-hetero) is 2. The Morgan fingerprint density at radius 1 is 0.857 bits per heavy atom. The number of aryl methyl sites for hydroxylation is 1. The van der Waals surface area contributed by atoms with E-state index in [0.29, 0.717) is 42.6 Å². The molecule has 6 heteroatoms. The lowest BCUT2D eigenvalue weighted by Gasteiger charge is -2.49. The van der Waals surface area contributed by atoms with Crippen molar-refractivity contribution in [3.63, 3.8) is 0 Å². The molecule has 0 bridgehead atoms. The molecule has 0 amide bonds. The van der Waals surface area contributed by atoms with Crippen molar-refractivity contribution in [2.24, 2.45) is 10.8 Å². The van der Waals surface area contributed by atoms with Gasteiger partial charge in [-0.15, -0.1) is 0 Å². The van der Waals surface area contributed by atoms with Crippen molar-refractivity contribution in [3.05, 3.63) is 80.7 Å². The van der Waals surface area contributed by atoms with Gasteiger partial charge in [0.25, 0.3) is 0 Å². The van der Waals surface area contributed by atoms with Crippen LogP contribution >= 0.6 is 11.6 Å². The summed E-state index contributed by atoms with van der Waals surface area (Å²) in [4.78, 5) is 30.4. The number of carbonyl (C=O) groups is 2. The molecule has 5 nitrogen and oxygen atoms in total. The van der Waals surface area contributed by atoms with Crippen LogP contribution in [0.4, 0.5) is 0 Å². The second-order valence-corrected chi connectivity index (χ2v) is 14.1. The first-order valence-electron chi connectivity index (χ1n) is 15.3. The van der Waals surface area contributed by atoms with Gasteiger partial charge in [0.1, 0.15) is 6.61 Å². The van der Waals surface area contributed by atoms with E-state index in [1.54, 1.807) is 0 Å². The van der Waals surface area contributed by atoms with E-state index in [-0.39, 0.29) is 22.4 Å². The number of halogens is 1. The van der Waals surface area contributed by atoms with Crippen LogP contribution in [0.3, 0.4) is 0 Å². The minimum atomic E-state index is -0.474. The Morgan fingerprint density at radius 2 is 1.43 bits per heavy atom. The lowest BCUT2D eigenvalue weighted by Crippen LogP contribution is -2.44. The average Bonchev–Trinajstić information content (AvgIpc) is 2.88. The van der Waals surface area contributed by atoms with Gasteiger partial charge in [0, 0.05) is 47.8 Å². The number of ketones is 2. The number of benzene rings is 2. The Balaban J connectivity index is 1.66. The average molecular weight is 590 g/mol. The van der Waals surface area contributed by atoms with Gasteiger partial charge >= 0.3 is 0 Å². The molecular formula is C36H44ClNO4. The number of carbonyl (C=O) groups excluding carboxylic acids is 2. The molecule has 0 fully saturated rings. The van der Waals surface area contributed by atoms with Crippen LogP contribution in [0, 0.1) is 17.8 Å². The van der Waals surface area contributed by atoms with Crippen LogP contribution in [0.15, 0.2) is 58.9 Å². The maximum atomic E-state index is 14.0. The Labute approximate surface area is 255 Å². The summed E-state index contributed by atoms with van der Waals surface area (Å²) in [5.41, 5.74) is 6.36. The maximum Gasteiger partial charge on any atom is 0.180 e. The van der Waals surface area contributed by atoms with Crippen molar-refractivity contribution < 1.29 is 19.1 Å². The van der Waals surface area contributed by atoms with Gasteiger partial charge in [-0.1, -0.05) is 76.0 Å². The van der Waals surface area contributed by atoms with Gasteiger partial charge in [-0.2, -0.15) is 0 Å². The van der Waals surface area contributed by atoms with Crippen LogP contribution in [-0.2, 0) is 16.2 Å². The van der Waals surface area contributed by atoms with Crippen molar-refractivity contribution >= 4 is 23.2 Å². The van der Waals surface area contributed by atoms with E-state index in [9.17, 15) is 9.59 Å². The molecule has 0 saturated heterocycles. The monoisotopic (exact) mass is 589 g/mol. The molecule has 2 aliphatic carbocycles. The molecule has 0 radical (unpaired) electrons. The van der Waals surface area contributed by atoms with Crippen molar-refractivity contribution in [1.82, 2.24) is 4.90 Å². The van der Waals surface area contributed by atoms with E-state index in [1.165, 1.54) is 5.56 Å². The van der Waals surface area contributed by atoms with Crippen molar-refractivity contribution in [1.29, 1.82) is 0 Å². The molecule has 42 heavy (non-hydrogen) atoms. The molecule has 5 rings (SSSR count). The Kier molecular flexibility index (Phi) is 8.37. The highest BCUT2D eigenvalue weighted by Crippen LogP contribution is 2.55.